The van der Waals surface area contributed by atoms with Gasteiger partial charge in [-0.15, -0.1) is 6.58 Å². The van der Waals surface area contributed by atoms with Gasteiger partial charge in [-0.1, -0.05) is 44.1 Å². The maximum atomic E-state index is 11.3. The van der Waals surface area contributed by atoms with Crippen LogP contribution in [0.25, 0.3) is 0 Å². The van der Waals surface area contributed by atoms with Crippen molar-refractivity contribution in [2.24, 2.45) is 0 Å². The van der Waals surface area contributed by atoms with Crippen molar-refractivity contribution in [3.63, 3.8) is 0 Å². The summed E-state index contributed by atoms with van der Waals surface area (Å²) in [5, 5.41) is 15.0. The number of carboxylic acid groups (broad SMARTS) is 1. The van der Waals surface area contributed by atoms with Gasteiger partial charge in [0.25, 0.3) is 0 Å². The van der Waals surface area contributed by atoms with E-state index in [1.807, 2.05) is 0 Å². The highest BCUT2D eigenvalue weighted by Crippen LogP contribution is 2.22. The molecule has 3 N–H and O–H groups in total. The van der Waals surface area contributed by atoms with Crippen LogP contribution in [0.4, 0.5) is 4.79 Å². The van der Waals surface area contributed by atoms with Gasteiger partial charge in [0.2, 0.25) is 0 Å². The molecule has 29 heavy (non-hydrogen) atoms. The molecule has 0 saturated heterocycles. The minimum absolute atomic E-state index is 0.189. The molecule has 168 valence electrons. The molecule has 6 heteroatoms. The fourth-order valence-electron chi connectivity index (χ4n) is 3.87. The maximum absolute atomic E-state index is 11.3. The van der Waals surface area contributed by atoms with E-state index in [0.29, 0.717) is 5.57 Å². The van der Waals surface area contributed by atoms with Crippen molar-refractivity contribution in [2.45, 2.75) is 122 Å². The number of carbonyl (C=O) groups excluding carboxylic acids is 1. The lowest BCUT2D eigenvalue weighted by Crippen LogP contribution is -2.43. The summed E-state index contributed by atoms with van der Waals surface area (Å²) in [6, 6.07) is 0.751. The van der Waals surface area contributed by atoms with Crippen molar-refractivity contribution in [1.82, 2.24) is 10.6 Å². The standard InChI is InChI=1S/C12H23N.C11H19NO4/c1-3-7-11(8-4-1)13-12-9-5-2-6-10-12;1-7(2)6-8(9(13)14)12-10(15)16-11(3,4)5/h11-13H,1-10H2;8H,1,6H2,2-5H3,(H,12,15)(H,13,14)/t;8-/m.1/s1. The quantitative estimate of drug-likeness (QED) is 0.526. The fraction of sp³-hybridized carbons (Fsp3) is 0.826. The molecule has 1 atom stereocenters. The van der Waals surface area contributed by atoms with E-state index in [-0.39, 0.29) is 6.42 Å². The van der Waals surface area contributed by atoms with Crippen LogP contribution in [-0.4, -0.2) is 40.9 Å². The molecule has 0 unspecified atom stereocenters. The average Bonchev–Trinajstić information content (AvgIpc) is 2.61. The zero-order valence-corrected chi connectivity index (χ0v) is 18.9. The largest absolute Gasteiger partial charge is 0.480 e. The summed E-state index contributed by atoms with van der Waals surface area (Å²) < 4.78 is 4.96. The molecule has 0 aromatic heterocycles. The van der Waals surface area contributed by atoms with Gasteiger partial charge in [-0.05, 0) is 59.8 Å². The fourth-order valence-corrected chi connectivity index (χ4v) is 3.87. The van der Waals surface area contributed by atoms with Crippen LogP contribution < -0.4 is 10.6 Å². The summed E-state index contributed by atoms with van der Waals surface area (Å²) in [7, 11) is 0. The summed E-state index contributed by atoms with van der Waals surface area (Å²) in [5.74, 6) is -1.10. The van der Waals surface area contributed by atoms with Crippen molar-refractivity contribution < 1.29 is 19.4 Å². The molecule has 0 radical (unpaired) electrons. The second-order valence-corrected chi connectivity index (χ2v) is 9.53. The Kier molecular flexibility index (Phi) is 11.3. The molecule has 2 saturated carbocycles. The van der Waals surface area contributed by atoms with Gasteiger partial charge >= 0.3 is 12.1 Å². The molecule has 0 spiro atoms. The number of carbonyl (C=O) groups is 2. The highest BCUT2D eigenvalue weighted by Gasteiger charge is 2.23. The molecule has 0 aliphatic heterocycles. The molecule has 2 rings (SSSR count). The third kappa shape index (κ3) is 12.6. The van der Waals surface area contributed by atoms with Crippen molar-refractivity contribution in [1.29, 1.82) is 0 Å². The minimum Gasteiger partial charge on any atom is -0.480 e. The molecule has 2 aliphatic carbocycles. The van der Waals surface area contributed by atoms with Gasteiger partial charge in [0.1, 0.15) is 11.6 Å². The van der Waals surface area contributed by atoms with Crippen LogP contribution in [0.5, 0.6) is 0 Å². The van der Waals surface area contributed by atoms with Gasteiger partial charge in [0, 0.05) is 12.1 Å². The molecular weight excluding hydrogens is 368 g/mol. The van der Waals surface area contributed by atoms with Gasteiger partial charge in [-0.3, -0.25) is 0 Å². The molecule has 0 aromatic carbocycles. The monoisotopic (exact) mass is 410 g/mol. The van der Waals surface area contributed by atoms with Crippen LogP contribution >= 0.6 is 0 Å². The Hall–Kier alpha value is -1.56. The molecule has 2 fully saturated rings. The normalized spacial score (nSPS) is 19.4. The summed E-state index contributed by atoms with van der Waals surface area (Å²) >= 11 is 0. The Morgan fingerprint density at radius 2 is 1.45 bits per heavy atom. The minimum atomic E-state index is -1.10. The van der Waals surface area contributed by atoms with Crippen LogP contribution in [0.15, 0.2) is 12.2 Å². The number of ether oxygens (including phenoxy) is 1. The van der Waals surface area contributed by atoms with Crippen LogP contribution in [-0.2, 0) is 9.53 Å². The first-order chi connectivity index (χ1) is 13.6. The van der Waals surface area contributed by atoms with Crippen molar-refractivity contribution in [3.05, 3.63) is 12.2 Å². The lowest BCUT2D eigenvalue weighted by atomic mass is 9.91. The molecule has 2 aliphatic rings. The van der Waals surface area contributed by atoms with Crippen LogP contribution in [0.2, 0.25) is 0 Å². The summed E-state index contributed by atoms with van der Waals surface area (Å²) in [5.41, 5.74) is 0.0413. The first-order valence-corrected chi connectivity index (χ1v) is 11.2. The Morgan fingerprint density at radius 1 is 1.00 bits per heavy atom. The van der Waals surface area contributed by atoms with E-state index in [4.69, 9.17) is 9.84 Å². The molecule has 0 aromatic rings. The van der Waals surface area contributed by atoms with Crippen molar-refractivity contribution in [2.75, 3.05) is 0 Å². The third-order valence-corrected chi connectivity index (χ3v) is 5.22. The molecular formula is C23H42N2O4. The maximum Gasteiger partial charge on any atom is 0.408 e. The molecule has 1 amide bonds. The summed E-state index contributed by atoms with van der Waals surface area (Å²) in [6.07, 6.45) is 14.0. The topological polar surface area (TPSA) is 87.7 Å². The number of hydrogen-bond acceptors (Lipinski definition) is 4. The highest BCUT2D eigenvalue weighted by atomic mass is 16.6. The Morgan fingerprint density at radius 3 is 1.79 bits per heavy atom. The number of carboxylic acids is 1. The lowest BCUT2D eigenvalue weighted by Gasteiger charge is -2.30. The smallest absolute Gasteiger partial charge is 0.408 e. The van der Waals surface area contributed by atoms with Gasteiger partial charge in [0.05, 0.1) is 0 Å². The predicted molar refractivity (Wildman–Crippen MR) is 117 cm³/mol. The highest BCUT2D eigenvalue weighted by molar-refractivity contribution is 5.80. The Balaban J connectivity index is 0.000000294. The molecule has 0 heterocycles. The van der Waals surface area contributed by atoms with Gasteiger partial charge in [-0.25, -0.2) is 9.59 Å². The van der Waals surface area contributed by atoms with Crippen LogP contribution in [0.1, 0.15) is 98.3 Å². The van der Waals surface area contributed by atoms with Gasteiger partial charge < -0.3 is 20.5 Å². The summed E-state index contributed by atoms with van der Waals surface area (Å²) in [6.45, 7) is 10.4. The van der Waals surface area contributed by atoms with E-state index in [1.165, 1.54) is 64.2 Å². The Bertz CT molecular complexity index is 499. The Labute approximate surface area is 176 Å². The van der Waals surface area contributed by atoms with E-state index in [1.54, 1.807) is 27.7 Å². The number of amides is 1. The number of hydrogen-bond donors (Lipinski definition) is 3. The zero-order chi connectivity index (χ0) is 21.9. The van der Waals surface area contributed by atoms with Crippen molar-refractivity contribution in [3.8, 4) is 0 Å². The first-order valence-electron chi connectivity index (χ1n) is 11.2. The van der Waals surface area contributed by atoms with Crippen LogP contribution in [0.3, 0.4) is 0 Å². The molecule has 0 bridgehead atoms. The summed E-state index contributed by atoms with van der Waals surface area (Å²) in [4.78, 5) is 22.2. The SMILES string of the molecule is C1CCC(NC2CCCCC2)CC1.C=C(C)C[C@@H](NC(=O)OC(C)(C)C)C(=O)O. The second kappa shape index (κ2) is 12.9. The van der Waals surface area contributed by atoms with E-state index in [9.17, 15) is 9.59 Å². The third-order valence-electron chi connectivity index (χ3n) is 5.22. The first kappa shape index (κ1) is 25.5. The van der Waals surface area contributed by atoms with E-state index >= 15 is 0 Å². The van der Waals surface area contributed by atoms with Crippen molar-refractivity contribution >= 4 is 12.1 Å². The lowest BCUT2D eigenvalue weighted by molar-refractivity contribution is -0.139. The number of rotatable bonds is 6. The van der Waals surface area contributed by atoms with E-state index < -0.39 is 23.7 Å². The average molecular weight is 411 g/mol. The zero-order valence-electron chi connectivity index (χ0n) is 18.9. The molecule has 6 nitrogen and oxygen atoms in total. The van der Waals surface area contributed by atoms with E-state index in [2.05, 4.69) is 17.2 Å². The predicted octanol–water partition coefficient (Wildman–Crippen LogP) is 5.17. The van der Waals surface area contributed by atoms with Gasteiger partial charge in [0.15, 0.2) is 0 Å². The number of alkyl carbamates (subject to hydrolysis) is 1. The van der Waals surface area contributed by atoms with Gasteiger partial charge in [-0.2, -0.15) is 0 Å². The number of nitrogens with one attached hydrogen (secondary N) is 2. The second-order valence-electron chi connectivity index (χ2n) is 9.53. The van der Waals surface area contributed by atoms with E-state index in [0.717, 1.165) is 12.1 Å². The van der Waals surface area contributed by atoms with Crippen LogP contribution in [0, 0.1) is 0 Å². The number of aliphatic carboxylic acids is 1.